The molecule has 162 valence electrons. The van der Waals surface area contributed by atoms with Crippen LogP contribution in [0.2, 0.25) is 0 Å². The maximum atomic E-state index is 6.19. The molecule has 0 atom stereocenters. The van der Waals surface area contributed by atoms with Crippen molar-refractivity contribution in [3.63, 3.8) is 0 Å². The van der Waals surface area contributed by atoms with Crippen LogP contribution in [-0.4, -0.2) is 4.57 Å². The summed E-state index contributed by atoms with van der Waals surface area (Å²) in [5.41, 5.74) is 14.2. The highest BCUT2D eigenvalue weighted by atomic mass is 16.3. The van der Waals surface area contributed by atoms with Crippen molar-refractivity contribution < 1.29 is 4.42 Å². The minimum Gasteiger partial charge on any atom is -0.455 e. The van der Waals surface area contributed by atoms with Crippen molar-refractivity contribution in [2.45, 2.75) is 33.2 Å². The number of benzene rings is 2. The first-order chi connectivity index (χ1) is 15.6. The van der Waals surface area contributed by atoms with Gasteiger partial charge >= 0.3 is 0 Å². The van der Waals surface area contributed by atoms with E-state index < -0.39 is 0 Å². The lowest BCUT2D eigenvalue weighted by atomic mass is 9.90. The van der Waals surface area contributed by atoms with Gasteiger partial charge in [-0.25, -0.2) is 0 Å². The topological polar surface area (TPSA) is 44.1 Å². The van der Waals surface area contributed by atoms with Gasteiger partial charge in [0, 0.05) is 28.9 Å². The third-order valence-corrected chi connectivity index (χ3v) is 5.42. The van der Waals surface area contributed by atoms with Crippen LogP contribution in [0.1, 0.15) is 25.1 Å². The highest BCUT2D eigenvalue weighted by molar-refractivity contribution is 5.84. The van der Waals surface area contributed by atoms with Crippen molar-refractivity contribution >= 4 is 11.0 Å². The predicted octanol–water partition coefficient (Wildman–Crippen LogP) is 6.97. The molecule has 0 radical (unpaired) electrons. The predicted molar refractivity (Wildman–Crippen MR) is 136 cm³/mol. The normalized spacial score (nSPS) is 11.9. The van der Waals surface area contributed by atoms with E-state index in [1.165, 1.54) is 22.4 Å². The summed E-state index contributed by atoms with van der Waals surface area (Å²) >= 11 is 0. The Morgan fingerprint density at radius 3 is 2.47 bits per heavy atom. The fourth-order valence-corrected chi connectivity index (χ4v) is 4.10. The minimum absolute atomic E-state index is 0.756. The van der Waals surface area contributed by atoms with Crippen molar-refractivity contribution in [3.8, 4) is 35.4 Å². The lowest BCUT2D eigenvalue weighted by Gasteiger charge is -2.19. The van der Waals surface area contributed by atoms with E-state index in [0.29, 0.717) is 0 Å². The molecule has 1 aliphatic carbocycles. The quantitative estimate of drug-likeness (QED) is 0.286. The third kappa shape index (κ3) is 4.55. The number of nitrogens with two attached hydrogens (primary N) is 1. The van der Waals surface area contributed by atoms with Gasteiger partial charge in [-0.1, -0.05) is 48.5 Å². The van der Waals surface area contributed by atoms with Crippen LogP contribution < -0.4 is 5.73 Å². The number of hydrogen-bond acceptors (Lipinski definition) is 2. The number of aryl methyl sites for hydroxylation is 1. The number of fused-ring (bicyclic) bond motifs is 4. The Balaban J connectivity index is 0.000000536. The van der Waals surface area contributed by atoms with Crippen molar-refractivity contribution in [1.82, 2.24) is 4.57 Å². The number of nitrogens with zero attached hydrogens (tertiary/aromatic N) is 1. The Hall–Kier alpha value is -3.90. The molecule has 32 heavy (non-hydrogen) atoms. The monoisotopic (exact) mass is 422 g/mol. The van der Waals surface area contributed by atoms with Gasteiger partial charge in [-0.2, -0.15) is 0 Å². The lowest BCUT2D eigenvalue weighted by Crippen LogP contribution is -2.10. The van der Waals surface area contributed by atoms with Crippen LogP contribution in [-0.2, 0) is 19.4 Å². The van der Waals surface area contributed by atoms with E-state index in [9.17, 15) is 0 Å². The van der Waals surface area contributed by atoms with Crippen molar-refractivity contribution in [1.29, 1.82) is 0 Å². The number of rotatable bonds is 3. The van der Waals surface area contributed by atoms with Crippen molar-refractivity contribution in [2.75, 3.05) is 0 Å². The van der Waals surface area contributed by atoms with Crippen LogP contribution in [0, 0.1) is 12.8 Å². The second-order valence-corrected chi connectivity index (χ2v) is 7.66. The summed E-state index contributed by atoms with van der Waals surface area (Å²) in [5, 5.41) is 1.13. The maximum Gasteiger partial charge on any atom is 0.151 e. The second-order valence-electron chi connectivity index (χ2n) is 7.66. The summed E-state index contributed by atoms with van der Waals surface area (Å²) in [4.78, 5) is 0. The van der Waals surface area contributed by atoms with E-state index in [0.717, 1.165) is 47.5 Å². The van der Waals surface area contributed by atoms with Crippen LogP contribution in [0.25, 0.3) is 33.6 Å². The number of terminal acetylenes is 1. The zero-order valence-electron chi connectivity index (χ0n) is 18.8. The van der Waals surface area contributed by atoms with Crippen molar-refractivity contribution in [3.05, 3.63) is 96.3 Å². The van der Waals surface area contributed by atoms with Crippen LogP contribution >= 0.6 is 0 Å². The number of furan rings is 1. The van der Waals surface area contributed by atoms with Gasteiger partial charge in [0.1, 0.15) is 5.58 Å². The lowest BCUT2D eigenvalue weighted by molar-refractivity contribution is 0.618. The Labute approximate surface area is 190 Å². The van der Waals surface area contributed by atoms with Gasteiger partial charge in [0.2, 0.25) is 0 Å². The molecule has 0 unspecified atom stereocenters. The Kier molecular flexibility index (Phi) is 7.41. The molecule has 3 heteroatoms. The first-order valence-corrected chi connectivity index (χ1v) is 10.7. The smallest absolute Gasteiger partial charge is 0.151 e. The summed E-state index contributed by atoms with van der Waals surface area (Å²) in [7, 11) is 0. The number of allylic oxidation sites excluding steroid dienone is 3. The molecule has 0 fully saturated rings. The first-order valence-electron chi connectivity index (χ1n) is 10.7. The van der Waals surface area contributed by atoms with Gasteiger partial charge in [0.05, 0.1) is 5.69 Å². The summed E-state index contributed by atoms with van der Waals surface area (Å²) in [5.74, 6) is 0.908. The molecule has 1 aliphatic rings. The molecule has 5 rings (SSSR count). The molecule has 0 amide bonds. The Bertz CT molecular complexity index is 1230. The van der Waals surface area contributed by atoms with E-state index in [4.69, 9.17) is 10.2 Å². The molecule has 4 aromatic rings. The largest absolute Gasteiger partial charge is 0.455 e. The van der Waals surface area contributed by atoms with Gasteiger partial charge in [-0.3, -0.25) is 0 Å². The summed E-state index contributed by atoms with van der Waals surface area (Å²) in [6, 6.07) is 21.3. The van der Waals surface area contributed by atoms with Crippen LogP contribution in [0.3, 0.4) is 0 Å². The number of aromatic nitrogens is 1. The number of hydrogen-bond donors (Lipinski definition) is 1. The highest BCUT2D eigenvalue weighted by Gasteiger charge is 2.23. The first kappa shape index (κ1) is 22.8. The molecule has 2 aromatic carbocycles. The maximum absolute atomic E-state index is 6.19. The SMILES string of the molecule is C#C.C/C(N)=C\Cn1c(-c2cc3ccccc3o2)cc2c1CCc1ccccc1-2.C=CC. The number of para-hydroxylation sites is 1. The van der Waals surface area contributed by atoms with Crippen LogP contribution in [0.15, 0.2) is 89.5 Å². The zero-order valence-corrected chi connectivity index (χ0v) is 18.8. The Morgan fingerprint density at radius 1 is 1.06 bits per heavy atom. The van der Waals surface area contributed by atoms with E-state index >= 15 is 0 Å². The van der Waals surface area contributed by atoms with E-state index in [1.54, 1.807) is 6.08 Å². The molecular weight excluding hydrogens is 392 g/mol. The molecule has 0 saturated heterocycles. The molecule has 0 bridgehead atoms. The molecule has 2 N–H and O–H groups in total. The van der Waals surface area contributed by atoms with Gasteiger partial charge in [0.25, 0.3) is 0 Å². The fraction of sp³-hybridized carbons (Fsp3) is 0.172. The van der Waals surface area contributed by atoms with E-state index in [1.807, 2.05) is 32.0 Å². The molecule has 0 aliphatic heterocycles. The van der Waals surface area contributed by atoms with Gasteiger partial charge < -0.3 is 14.7 Å². The molecule has 3 nitrogen and oxygen atoms in total. The molecule has 0 spiro atoms. The van der Waals surface area contributed by atoms with E-state index in [-0.39, 0.29) is 0 Å². The van der Waals surface area contributed by atoms with Gasteiger partial charge in [-0.05, 0) is 62.1 Å². The third-order valence-electron chi connectivity index (χ3n) is 5.42. The minimum atomic E-state index is 0.756. The zero-order chi connectivity index (χ0) is 23.1. The van der Waals surface area contributed by atoms with Crippen LogP contribution in [0.4, 0.5) is 0 Å². The highest BCUT2D eigenvalue weighted by Crippen LogP contribution is 2.40. The summed E-state index contributed by atoms with van der Waals surface area (Å²) in [6.07, 6.45) is 13.9. The Morgan fingerprint density at radius 2 is 1.75 bits per heavy atom. The van der Waals surface area contributed by atoms with Gasteiger partial charge in [0.15, 0.2) is 5.76 Å². The standard InChI is InChI=1S/C24H22N2O.C3H6.C2H2/c1-16(25)12-13-26-21-11-10-17-6-2-4-8-19(17)20(21)15-22(26)24-14-18-7-3-5-9-23(18)27-24;1-3-2;1-2/h2-9,12,14-15H,10-11,13,25H2,1H3;3H,1H2,2H3;1-2H/b16-12+;;. The average Bonchev–Trinajstić information content (AvgIpc) is 3.41. The second kappa shape index (κ2) is 10.4. The molecular formula is C29H30N2O. The molecule has 0 saturated carbocycles. The summed E-state index contributed by atoms with van der Waals surface area (Å²) < 4.78 is 8.55. The van der Waals surface area contributed by atoms with Gasteiger partial charge in [-0.15, -0.1) is 19.4 Å². The van der Waals surface area contributed by atoms with E-state index in [2.05, 4.69) is 72.5 Å². The molecule has 2 aromatic heterocycles. The van der Waals surface area contributed by atoms with Crippen LogP contribution in [0.5, 0.6) is 0 Å². The molecule has 2 heterocycles. The summed E-state index contributed by atoms with van der Waals surface area (Å²) in [6.45, 7) is 7.94. The van der Waals surface area contributed by atoms with Crippen molar-refractivity contribution in [2.24, 2.45) is 5.73 Å². The average molecular weight is 423 g/mol. The fourth-order valence-electron chi connectivity index (χ4n) is 4.10.